The van der Waals surface area contributed by atoms with E-state index in [4.69, 9.17) is 0 Å². The van der Waals surface area contributed by atoms with E-state index >= 15 is 0 Å². The largest absolute Gasteiger partial charge is 0.378 e. The fraction of sp³-hybridized carbons (Fsp3) is 0.333. The van der Waals surface area contributed by atoms with Gasteiger partial charge in [-0.25, -0.2) is 4.39 Å². The van der Waals surface area contributed by atoms with Crippen molar-refractivity contribution in [1.29, 1.82) is 0 Å². The summed E-state index contributed by atoms with van der Waals surface area (Å²) in [4.78, 5) is 0. The van der Waals surface area contributed by atoms with Gasteiger partial charge in [-0.2, -0.15) is 0 Å². The Bertz CT molecular complexity index is 608. The lowest BCUT2D eigenvalue weighted by Gasteiger charge is -2.21. The molecule has 0 fully saturated rings. The van der Waals surface area contributed by atoms with Crippen LogP contribution >= 0.6 is 0 Å². The molecule has 0 aliphatic heterocycles. The van der Waals surface area contributed by atoms with Gasteiger partial charge >= 0.3 is 0 Å². The summed E-state index contributed by atoms with van der Waals surface area (Å²) in [5, 5.41) is 3.39. The Morgan fingerprint density at radius 1 is 0.900 bits per heavy atom. The Labute approximate surface area is 120 Å². The van der Waals surface area contributed by atoms with E-state index in [1.165, 1.54) is 22.3 Å². The maximum Gasteiger partial charge on any atom is 0.128 e. The molecule has 20 heavy (non-hydrogen) atoms. The normalized spacial score (nSPS) is 12.3. The van der Waals surface area contributed by atoms with Crippen LogP contribution in [0.25, 0.3) is 0 Å². The minimum atomic E-state index is -0.167. The molecule has 1 nitrogen and oxygen atoms in total. The lowest BCUT2D eigenvalue weighted by molar-refractivity contribution is 0.618. The molecule has 1 N–H and O–H groups in total. The summed E-state index contributed by atoms with van der Waals surface area (Å²) >= 11 is 0. The summed E-state index contributed by atoms with van der Waals surface area (Å²) in [7, 11) is 0. The monoisotopic (exact) mass is 271 g/mol. The smallest absolute Gasteiger partial charge is 0.128 e. The van der Waals surface area contributed by atoms with Crippen molar-refractivity contribution in [1.82, 2.24) is 0 Å². The summed E-state index contributed by atoms with van der Waals surface area (Å²) in [6.07, 6.45) is 0. The zero-order valence-electron chi connectivity index (χ0n) is 12.8. The van der Waals surface area contributed by atoms with Gasteiger partial charge in [-0.15, -0.1) is 0 Å². The number of halogens is 1. The number of hydrogen-bond donors (Lipinski definition) is 1. The third-order valence-corrected chi connectivity index (χ3v) is 3.73. The molecule has 0 aromatic heterocycles. The van der Waals surface area contributed by atoms with Gasteiger partial charge in [0.25, 0.3) is 0 Å². The van der Waals surface area contributed by atoms with E-state index in [0.717, 1.165) is 5.69 Å². The summed E-state index contributed by atoms with van der Waals surface area (Å²) in [6.45, 7) is 10.3. The molecule has 106 valence electrons. The molecule has 0 saturated carbocycles. The van der Waals surface area contributed by atoms with Gasteiger partial charge in [0.05, 0.1) is 0 Å². The second-order valence-electron chi connectivity index (χ2n) is 5.64. The van der Waals surface area contributed by atoms with Crippen molar-refractivity contribution < 1.29 is 4.39 Å². The molecule has 0 heterocycles. The van der Waals surface area contributed by atoms with E-state index in [0.29, 0.717) is 5.56 Å². The number of hydrogen-bond acceptors (Lipinski definition) is 1. The Balaban J connectivity index is 2.28. The Morgan fingerprint density at radius 2 is 1.50 bits per heavy atom. The molecule has 0 aliphatic rings. The quantitative estimate of drug-likeness (QED) is 0.805. The molecule has 2 aromatic rings. The maximum atomic E-state index is 13.6. The van der Waals surface area contributed by atoms with Gasteiger partial charge in [-0.05, 0) is 69.0 Å². The molecule has 0 aliphatic carbocycles. The standard InChI is InChI=1S/C18H22FN/c1-11-8-13(3)18(14(4)9-11)15(5)20-16-7-6-12(2)17(19)10-16/h6-10,15,20H,1-5H3. The molecule has 0 radical (unpaired) electrons. The van der Waals surface area contributed by atoms with Crippen LogP contribution in [0.2, 0.25) is 0 Å². The van der Waals surface area contributed by atoms with E-state index in [1.54, 1.807) is 19.1 Å². The van der Waals surface area contributed by atoms with Crippen molar-refractivity contribution in [2.75, 3.05) is 5.32 Å². The van der Waals surface area contributed by atoms with Crippen LogP contribution in [0.5, 0.6) is 0 Å². The molecule has 1 atom stereocenters. The molecule has 0 bridgehead atoms. The molecule has 1 unspecified atom stereocenters. The highest BCUT2D eigenvalue weighted by atomic mass is 19.1. The molecule has 0 amide bonds. The van der Waals surface area contributed by atoms with Crippen LogP contribution < -0.4 is 5.32 Å². The predicted octanol–water partition coefficient (Wildman–Crippen LogP) is 5.23. The van der Waals surface area contributed by atoms with E-state index in [9.17, 15) is 4.39 Å². The molecule has 0 saturated heterocycles. The minimum Gasteiger partial charge on any atom is -0.378 e. The highest BCUT2D eigenvalue weighted by Gasteiger charge is 2.12. The van der Waals surface area contributed by atoms with E-state index < -0.39 is 0 Å². The highest BCUT2D eigenvalue weighted by molar-refractivity contribution is 5.49. The number of rotatable bonds is 3. The van der Waals surface area contributed by atoms with Gasteiger partial charge in [0.1, 0.15) is 5.82 Å². The predicted molar refractivity (Wildman–Crippen MR) is 83.8 cm³/mol. The van der Waals surface area contributed by atoms with E-state index in [2.05, 4.69) is 45.1 Å². The third-order valence-electron chi connectivity index (χ3n) is 3.73. The highest BCUT2D eigenvalue weighted by Crippen LogP contribution is 2.27. The average molecular weight is 271 g/mol. The molecule has 2 heteroatoms. The van der Waals surface area contributed by atoms with Crippen LogP contribution in [-0.4, -0.2) is 0 Å². The number of benzene rings is 2. The van der Waals surface area contributed by atoms with E-state index in [-0.39, 0.29) is 11.9 Å². The van der Waals surface area contributed by atoms with Gasteiger partial charge in [0.15, 0.2) is 0 Å². The van der Waals surface area contributed by atoms with Crippen LogP contribution in [-0.2, 0) is 0 Å². The first-order valence-corrected chi connectivity index (χ1v) is 6.99. The molecular formula is C18H22FN. The van der Waals surface area contributed by atoms with Crippen molar-refractivity contribution in [2.24, 2.45) is 0 Å². The molecule has 2 aromatic carbocycles. The number of aryl methyl sites for hydroxylation is 4. The Morgan fingerprint density at radius 3 is 2.05 bits per heavy atom. The SMILES string of the molecule is Cc1cc(C)c(C(C)Nc2ccc(C)c(F)c2)c(C)c1. The van der Waals surface area contributed by atoms with Crippen LogP contribution in [0.4, 0.5) is 10.1 Å². The van der Waals surface area contributed by atoms with Gasteiger partial charge in [-0.3, -0.25) is 0 Å². The van der Waals surface area contributed by atoms with Crippen LogP contribution in [0.15, 0.2) is 30.3 Å². The van der Waals surface area contributed by atoms with Gasteiger partial charge in [0, 0.05) is 11.7 Å². The Kier molecular flexibility index (Phi) is 4.12. The van der Waals surface area contributed by atoms with Gasteiger partial charge < -0.3 is 5.32 Å². The summed E-state index contributed by atoms with van der Waals surface area (Å²) < 4.78 is 13.6. The summed E-state index contributed by atoms with van der Waals surface area (Å²) in [6, 6.07) is 9.82. The number of anilines is 1. The lowest BCUT2D eigenvalue weighted by atomic mass is 9.94. The van der Waals surface area contributed by atoms with Crippen LogP contribution in [0, 0.1) is 33.5 Å². The van der Waals surface area contributed by atoms with Gasteiger partial charge in [0.2, 0.25) is 0 Å². The first-order valence-electron chi connectivity index (χ1n) is 6.99. The van der Waals surface area contributed by atoms with Crippen molar-refractivity contribution >= 4 is 5.69 Å². The number of nitrogens with one attached hydrogen (secondary N) is 1. The average Bonchev–Trinajstić information content (AvgIpc) is 2.32. The Hall–Kier alpha value is -1.83. The van der Waals surface area contributed by atoms with Gasteiger partial charge in [-0.1, -0.05) is 23.8 Å². The fourth-order valence-electron chi connectivity index (χ4n) is 2.88. The second-order valence-corrected chi connectivity index (χ2v) is 5.64. The zero-order valence-corrected chi connectivity index (χ0v) is 12.8. The van der Waals surface area contributed by atoms with Crippen LogP contribution in [0.1, 0.15) is 40.8 Å². The minimum absolute atomic E-state index is 0.151. The lowest BCUT2D eigenvalue weighted by Crippen LogP contribution is -2.10. The summed E-state index contributed by atoms with van der Waals surface area (Å²) in [5.74, 6) is -0.167. The van der Waals surface area contributed by atoms with Crippen molar-refractivity contribution in [3.05, 3.63) is 64.0 Å². The fourth-order valence-corrected chi connectivity index (χ4v) is 2.88. The topological polar surface area (TPSA) is 12.0 Å². The first-order chi connectivity index (χ1) is 9.38. The zero-order chi connectivity index (χ0) is 14.9. The van der Waals surface area contributed by atoms with Crippen molar-refractivity contribution in [2.45, 2.75) is 40.7 Å². The molecule has 0 spiro atoms. The third kappa shape index (κ3) is 3.01. The summed E-state index contributed by atoms with van der Waals surface area (Å²) in [5.41, 5.74) is 6.60. The second kappa shape index (κ2) is 5.66. The van der Waals surface area contributed by atoms with E-state index in [1.807, 2.05) is 6.07 Å². The molecular weight excluding hydrogens is 249 g/mol. The molecule has 2 rings (SSSR count). The first kappa shape index (κ1) is 14.6. The maximum absolute atomic E-state index is 13.6. The van der Waals surface area contributed by atoms with Crippen LogP contribution in [0.3, 0.4) is 0 Å². The van der Waals surface area contributed by atoms with Crippen molar-refractivity contribution in [3.8, 4) is 0 Å². The van der Waals surface area contributed by atoms with Crippen molar-refractivity contribution in [3.63, 3.8) is 0 Å².